The van der Waals surface area contributed by atoms with Gasteiger partial charge in [-0.3, -0.25) is 0 Å². The molecule has 1 rings (SSSR count). The third kappa shape index (κ3) is 5.55. The maximum absolute atomic E-state index is 3.58. The molecule has 0 saturated heterocycles. The van der Waals surface area contributed by atoms with E-state index >= 15 is 0 Å². The second-order valence-electron chi connectivity index (χ2n) is 5.19. The largest absolute Gasteiger partial charge is 0.314 e. The van der Waals surface area contributed by atoms with Crippen molar-refractivity contribution >= 4 is 11.8 Å². The Morgan fingerprint density at radius 3 is 2.56 bits per heavy atom. The van der Waals surface area contributed by atoms with Gasteiger partial charge in [0.05, 0.1) is 0 Å². The van der Waals surface area contributed by atoms with Crippen LogP contribution in [-0.4, -0.2) is 48.6 Å². The Balaban J connectivity index is 2.04. The molecule has 0 aromatic carbocycles. The van der Waals surface area contributed by atoms with E-state index in [4.69, 9.17) is 0 Å². The molecule has 16 heavy (non-hydrogen) atoms. The molecule has 0 radical (unpaired) electrons. The second kappa shape index (κ2) is 7.57. The Morgan fingerprint density at radius 1 is 1.31 bits per heavy atom. The van der Waals surface area contributed by atoms with E-state index in [1.165, 1.54) is 38.0 Å². The van der Waals surface area contributed by atoms with E-state index in [0.717, 1.165) is 6.04 Å². The van der Waals surface area contributed by atoms with Crippen LogP contribution in [-0.2, 0) is 0 Å². The summed E-state index contributed by atoms with van der Waals surface area (Å²) in [5.74, 6) is 1.24. The molecule has 1 aliphatic carbocycles. The van der Waals surface area contributed by atoms with Crippen molar-refractivity contribution in [1.29, 1.82) is 0 Å². The van der Waals surface area contributed by atoms with Gasteiger partial charge in [0.1, 0.15) is 0 Å². The van der Waals surface area contributed by atoms with E-state index in [9.17, 15) is 0 Å². The van der Waals surface area contributed by atoms with Crippen molar-refractivity contribution < 1.29 is 0 Å². The van der Waals surface area contributed by atoms with Crippen LogP contribution in [0.25, 0.3) is 0 Å². The number of nitrogens with one attached hydrogen (secondary N) is 1. The molecule has 0 spiro atoms. The van der Waals surface area contributed by atoms with Crippen molar-refractivity contribution in [3.8, 4) is 0 Å². The fourth-order valence-electron chi connectivity index (χ4n) is 1.99. The Labute approximate surface area is 106 Å². The summed E-state index contributed by atoms with van der Waals surface area (Å²) >= 11 is 1.94. The lowest BCUT2D eigenvalue weighted by Gasteiger charge is -2.30. The van der Waals surface area contributed by atoms with E-state index in [1.54, 1.807) is 0 Å². The molecule has 0 aromatic heterocycles. The summed E-state index contributed by atoms with van der Waals surface area (Å²) in [7, 11) is 2.26. The summed E-state index contributed by atoms with van der Waals surface area (Å²) in [4.78, 5) is 2.52. The van der Waals surface area contributed by atoms with E-state index in [2.05, 4.69) is 37.4 Å². The van der Waals surface area contributed by atoms with Gasteiger partial charge in [-0.05, 0) is 59.4 Å². The molecule has 0 aliphatic heterocycles. The second-order valence-corrected chi connectivity index (χ2v) is 6.10. The molecule has 1 N–H and O–H groups in total. The lowest BCUT2D eigenvalue weighted by molar-refractivity contribution is 0.199. The van der Waals surface area contributed by atoms with Gasteiger partial charge in [0.25, 0.3) is 0 Å². The van der Waals surface area contributed by atoms with Gasteiger partial charge in [-0.1, -0.05) is 0 Å². The molecule has 0 aromatic rings. The average Bonchev–Trinajstić information content (AvgIpc) is 3.07. The molecular weight excluding hydrogens is 216 g/mol. The normalized spacial score (nSPS) is 20.1. The van der Waals surface area contributed by atoms with Crippen LogP contribution >= 0.6 is 11.8 Å². The lowest BCUT2D eigenvalue weighted by atomic mass is 10.1. The maximum atomic E-state index is 3.58. The van der Waals surface area contributed by atoms with Gasteiger partial charge >= 0.3 is 0 Å². The number of hydrogen-bond acceptors (Lipinski definition) is 3. The highest BCUT2D eigenvalue weighted by molar-refractivity contribution is 7.98. The maximum Gasteiger partial charge on any atom is 0.0157 e. The quantitative estimate of drug-likeness (QED) is 0.628. The van der Waals surface area contributed by atoms with Crippen LogP contribution in [0.5, 0.6) is 0 Å². The summed E-state index contributed by atoms with van der Waals surface area (Å²) < 4.78 is 0. The highest BCUT2D eigenvalue weighted by atomic mass is 32.2. The summed E-state index contributed by atoms with van der Waals surface area (Å²) in [6.45, 7) is 5.89. The highest BCUT2D eigenvalue weighted by Crippen LogP contribution is 2.18. The van der Waals surface area contributed by atoms with Gasteiger partial charge < -0.3 is 10.2 Å². The minimum atomic E-state index is 0.696. The van der Waals surface area contributed by atoms with Crippen LogP contribution in [0.3, 0.4) is 0 Å². The Bertz CT molecular complexity index is 183. The fraction of sp³-hybridized carbons (Fsp3) is 1.00. The topological polar surface area (TPSA) is 15.3 Å². The molecule has 3 heteroatoms. The lowest BCUT2D eigenvalue weighted by Crippen LogP contribution is -2.38. The SMILES string of the molecule is CSCC(C)N(C)C(C)CCCNC1CC1. The van der Waals surface area contributed by atoms with Crippen molar-refractivity contribution in [1.82, 2.24) is 10.2 Å². The van der Waals surface area contributed by atoms with Gasteiger partial charge in [-0.2, -0.15) is 11.8 Å². The molecule has 1 aliphatic rings. The van der Waals surface area contributed by atoms with Crippen molar-refractivity contribution in [3.05, 3.63) is 0 Å². The molecule has 2 atom stereocenters. The molecular formula is C13H28N2S. The van der Waals surface area contributed by atoms with Crippen LogP contribution < -0.4 is 5.32 Å². The van der Waals surface area contributed by atoms with Crippen LogP contribution in [0.2, 0.25) is 0 Å². The van der Waals surface area contributed by atoms with Crippen molar-refractivity contribution in [2.24, 2.45) is 0 Å². The Hall–Kier alpha value is 0.270. The summed E-state index contributed by atoms with van der Waals surface area (Å²) in [6.07, 6.45) is 7.62. The van der Waals surface area contributed by atoms with Crippen LogP contribution in [0.1, 0.15) is 39.5 Å². The first-order valence-corrected chi connectivity index (χ1v) is 7.98. The zero-order chi connectivity index (χ0) is 12.0. The smallest absolute Gasteiger partial charge is 0.0157 e. The van der Waals surface area contributed by atoms with Crippen molar-refractivity contribution in [2.45, 2.75) is 57.7 Å². The minimum Gasteiger partial charge on any atom is -0.314 e. The molecule has 96 valence electrons. The molecule has 0 bridgehead atoms. The van der Waals surface area contributed by atoms with Crippen molar-refractivity contribution in [3.63, 3.8) is 0 Å². The molecule has 0 heterocycles. The predicted molar refractivity (Wildman–Crippen MR) is 75.3 cm³/mol. The minimum absolute atomic E-state index is 0.696. The molecule has 1 saturated carbocycles. The molecule has 2 nitrogen and oxygen atoms in total. The van der Waals surface area contributed by atoms with Gasteiger partial charge in [0, 0.05) is 23.9 Å². The van der Waals surface area contributed by atoms with Crippen LogP contribution in [0.4, 0.5) is 0 Å². The van der Waals surface area contributed by atoms with E-state index in [-0.39, 0.29) is 0 Å². The number of rotatable bonds is 9. The predicted octanol–water partition coefficient (Wildman–Crippen LogP) is 2.59. The molecule has 0 amide bonds. The van der Waals surface area contributed by atoms with Gasteiger partial charge in [-0.15, -0.1) is 0 Å². The number of hydrogen-bond donors (Lipinski definition) is 1. The monoisotopic (exact) mass is 244 g/mol. The third-order valence-corrected chi connectivity index (χ3v) is 4.42. The zero-order valence-corrected chi connectivity index (χ0v) is 12.1. The van der Waals surface area contributed by atoms with Crippen LogP contribution in [0.15, 0.2) is 0 Å². The standard InChI is InChI=1S/C13H28N2S/c1-11(15(3)12(2)10-16-4)6-5-9-14-13-7-8-13/h11-14H,5-10H2,1-4H3. The number of nitrogens with zero attached hydrogens (tertiary/aromatic N) is 1. The van der Waals surface area contributed by atoms with Gasteiger partial charge in [0.15, 0.2) is 0 Å². The first-order chi connectivity index (χ1) is 7.65. The summed E-state index contributed by atoms with van der Waals surface area (Å²) in [6, 6.07) is 2.27. The van der Waals surface area contributed by atoms with E-state index in [0.29, 0.717) is 12.1 Å². The van der Waals surface area contributed by atoms with Gasteiger partial charge in [-0.25, -0.2) is 0 Å². The summed E-state index contributed by atoms with van der Waals surface area (Å²) in [5, 5.41) is 3.58. The van der Waals surface area contributed by atoms with E-state index < -0.39 is 0 Å². The molecule has 1 fully saturated rings. The number of thioether (sulfide) groups is 1. The zero-order valence-electron chi connectivity index (χ0n) is 11.3. The first-order valence-electron chi connectivity index (χ1n) is 6.59. The average molecular weight is 244 g/mol. The Kier molecular flexibility index (Phi) is 6.78. The first kappa shape index (κ1) is 14.3. The van der Waals surface area contributed by atoms with Crippen LogP contribution in [0, 0.1) is 0 Å². The van der Waals surface area contributed by atoms with E-state index in [1.807, 2.05) is 11.8 Å². The molecule has 2 unspecified atom stereocenters. The van der Waals surface area contributed by atoms with Crippen molar-refractivity contribution in [2.75, 3.05) is 25.6 Å². The highest BCUT2D eigenvalue weighted by Gasteiger charge is 2.20. The summed E-state index contributed by atoms with van der Waals surface area (Å²) in [5.41, 5.74) is 0. The third-order valence-electron chi connectivity index (χ3n) is 3.61. The fourth-order valence-corrected chi connectivity index (χ4v) is 2.71. The Morgan fingerprint density at radius 2 is 2.00 bits per heavy atom. The van der Waals surface area contributed by atoms with Gasteiger partial charge in [0.2, 0.25) is 0 Å².